The van der Waals surface area contributed by atoms with Crippen molar-refractivity contribution in [3.05, 3.63) is 82.6 Å². The van der Waals surface area contributed by atoms with Crippen molar-refractivity contribution in [2.45, 2.75) is 57.3 Å². The van der Waals surface area contributed by atoms with Crippen LogP contribution >= 0.6 is 0 Å². The van der Waals surface area contributed by atoms with Crippen LogP contribution in [0.3, 0.4) is 0 Å². The molecule has 0 bridgehead atoms. The first-order chi connectivity index (χ1) is 22.3. The molecule has 250 valence electrons. The molecule has 2 fully saturated rings. The number of hydrogen-bond donors (Lipinski definition) is 0. The fourth-order valence-corrected chi connectivity index (χ4v) is 6.76. The number of anilines is 3. The normalized spacial score (nSPS) is 18.5. The van der Waals surface area contributed by atoms with Gasteiger partial charge < -0.3 is 19.1 Å². The number of aromatic nitrogens is 4. The highest BCUT2D eigenvalue weighted by Crippen LogP contribution is 2.38. The van der Waals surface area contributed by atoms with E-state index in [9.17, 15) is 30.7 Å². The van der Waals surface area contributed by atoms with Crippen LogP contribution in [-0.2, 0) is 25.4 Å². The molecule has 3 aliphatic rings. The summed E-state index contributed by atoms with van der Waals surface area (Å²) in [6.07, 6.45) is -5.93. The summed E-state index contributed by atoms with van der Waals surface area (Å²) in [6.45, 7) is 4.54. The molecule has 2 aromatic heterocycles. The zero-order chi connectivity index (χ0) is 33.1. The van der Waals surface area contributed by atoms with E-state index in [1.807, 2.05) is 24.1 Å². The van der Waals surface area contributed by atoms with E-state index in [0.717, 1.165) is 30.0 Å². The second-order valence-electron chi connectivity index (χ2n) is 12.3. The van der Waals surface area contributed by atoms with Crippen LogP contribution < -0.4 is 14.7 Å². The van der Waals surface area contributed by atoms with Crippen LogP contribution in [0, 0.1) is 12.7 Å². The lowest BCUT2D eigenvalue weighted by Crippen LogP contribution is -2.51. The molecule has 0 radical (unpaired) electrons. The van der Waals surface area contributed by atoms with Gasteiger partial charge in [-0.15, -0.1) is 5.10 Å². The number of rotatable bonds is 6. The first-order valence-electron chi connectivity index (χ1n) is 15.2. The van der Waals surface area contributed by atoms with Gasteiger partial charge in [-0.2, -0.15) is 31.4 Å². The highest BCUT2D eigenvalue weighted by atomic mass is 19.4. The maximum atomic E-state index is 14.7. The molecule has 7 rings (SSSR count). The quantitative estimate of drug-likeness (QED) is 0.224. The van der Waals surface area contributed by atoms with E-state index in [0.29, 0.717) is 37.8 Å². The molecule has 0 saturated carbocycles. The smallest absolute Gasteiger partial charge is 0.399 e. The van der Waals surface area contributed by atoms with Crippen LogP contribution in [0.4, 0.5) is 48.3 Å². The number of para-hydroxylation sites is 1. The number of fused-ring (bicyclic) bond motifs is 1. The minimum absolute atomic E-state index is 0.0253. The Hall–Kier alpha value is -4.34. The molecule has 16 heteroatoms. The molecule has 0 spiro atoms. The Morgan fingerprint density at radius 2 is 1.62 bits per heavy atom. The minimum Gasteiger partial charge on any atom is -0.399 e. The lowest BCUT2D eigenvalue weighted by atomic mass is 10.00. The average Bonchev–Trinajstić information content (AvgIpc) is 3.65. The van der Waals surface area contributed by atoms with Crippen molar-refractivity contribution < 1.29 is 35.2 Å². The van der Waals surface area contributed by atoms with Gasteiger partial charge in [0.1, 0.15) is 5.82 Å². The van der Waals surface area contributed by atoms with Gasteiger partial charge in [0.25, 0.3) is 0 Å². The fourth-order valence-electron chi connectivity index (χ4n) is 6.76. The monoisotopic (exact) mass is 664 g/mol. The molecular weight excluding hydrogens is 633 g/mol. The maximum Gasteiger partial charge on any atom is 0.470 e. The van der Waals surface area contributed by atoms with E-state index in [1.165, 1.54) is 23.1 Å². The van der Waals surface area contributed by atoms with E-state index < -0.39 is 23.8 Å². The molecular formula is C31H31F7N8O. The third-order valence-electron chi connectivity index (χ3n) is 9.14. The van der Waals surface area contributed by atoms with Crippen LogP contribution in [0.25, 0.3) is 0 Å². The van der Waals surface area contributed by atoms with Crippen molar-refractivity contribution in [2.75, 3.05) is 47.5 Å². The lowest BCUT2D eigenvalue weighted by Gasteiger charge is -2.44. The maximum absolute atomic E-state index is 14.7. The third kappa shape index (κ3) is 6.10. The molecule has 3 aliphatic heterocycles. The number of hydrogen-bond acceptors (Lipinski definition) is 8. The molecule has 0 N–H and O–H groups in total. The van der Waals surface area contributed by atoms with Gasteiger partial charge in [-0.1, -0.05) is 35.4 Å². The molecule has 2 saturated heterocycles. The summed E-state index contributed by atoms with van der Waals surface area (Å²) in [7, 11) is 0. The first kappa shape index (κ1) is 31.3. The molecule has 0 amide bonds. The zero-order valence-electron chi connectivity index (χ0n) is 25.3. The summed E-state index contributed by atoms with van der Waals surface area (Å²) in [4.78, 5) is 7.65. The van der Waals surface area contributed by atoms with Gasteiger partial charge in [0.05, 0.1) is 24.0 Å². The van der Waals surface area contributed by atoms with Crippen molar-refractivity contribution in [3.8, 4) is 0 Å². The van der Waals surface area contributed by atoms with Crippen LogP contribution in [0.5, 0.6) is 0 Å². The molecule has 47 heavy (non-hydrogen) atoms. The Balaban J connectivity index is 1.11. The molecule has 0 unspecified atom stereocenters. The summed E-state index contributed by atoms with van der Waals surface area (Å²) < 4.78 is 102. The van der Waals surface area contributed by atoms with E-state index in [2.05, 4.69) is 20.0 Å². The second-order valence-corrected chi connectivity index (χ2v) is 12.3. The van der Waals surface area contributed by atoms with Crippen LogP contribution in [0.1, 0.15) is 47.0 Å². The number of nitrogens with zero attached hydrogens (tertiary/aromatic N) is 8. The van der Waals surface area contributed by atoms with Crippen molar-refractivity contribution in [1.29, 1.82) is 0 Å². The van der Waals surface area contributed by atoms with Gasteiger partial charge in [-0.3, -0.25) is 9.58 Å². The number of alkyl halides is 6. The second kappa shape index (κ2) is 11.7. The van der Waals surface area contributed by atoms with Crippen LogP contribution in [0.2, 0.25) is 0 Å². The number of halogens is 7. The van der Waals surface area contributed by atoms with Crippen LogP contribution in [-0.4, -0.2) is 63.8 Å². The summed E-state index contributed by atoms with van der Waals surface area (Å²) in [5.74, 6) is -1.12. The average molecular weight is 665 g/mol. The van der Waals surface area contributed by atoms with E-state index in [4.69, 9.17) is 9.52 Å². The Kier molecular flexibility index (Phi) is 7.80. The lowest BCUT2D eigenvalue weighted by molar-refractivity contribution is -0.157. The predicted octanol–water partition coefficient (Wildman–Crippen LogP) is 6.26. The Bertz CT molecular complexity index is 1720. The highest BCUT2D eigenvalue weighted by molar-refractivity contribution is 5.55. The summed E-state index contributed by atoms with van der Waals surface area (Å²) in [6, 6.07) is 10.2. The van der Waals surface area contributed by atoms with Gasteiger partial charge in [0, 0.05) is 57.1 Å². The number of benzene rings is 2. The third-order valence-corrected chi connectivity index (χ3v) is 9.14. The van der Waals surface area contributed by atoms with Crippen molar-refractivity contribution in [3.63, 3.8) is 0 Å². The minimum atomic E-state index is -4.75. The zero-order valence-corrected chi connectivity index (χ0v) is 25.3. The Labute approximate surface area is 265 Å². The standard InChI is InChI=1S/C31H31F7N8O/c1-19-5-4-8-25(32)26(19)42-11-9-22(10-12-42)44-14-21-15-46(23-16-43(17-23)29-40-39-28(47-29)31(36,37)38)41-27(21)45(18-44)13-20-6-2-3-7-24(20)30(33,34)35/h2-8,15,22-23H,9-14,16-18H2,1H3. The summed E-state index contributed by atoms with van der Waals surface area (Å²) in [5, 5.41) is 11.4. The van der Waals surface area contributed by atoms with Gasteiger partial charge in [0.2, 0.25) is 0 Å². The molecule has 2 aromatic carbocycles. The fraction of sp³-hybridized carbons (Fsp3) is 0.452. The molecule has 0 atom stereocenters. The van der Waals surface area contributed by atoms with E-state index in [-0.39, 0.29) is 49.1 Å². The molecule has 0 aliphatic carbocycles. The molecule has 9 nitrogen and oxygen atoms in total. The highest BCUT2D eigenvalue weighted by Gasteiger charge is 2.41. The van der Waals surface area contributed by atoms with Crippen LogP contribution in [0.15, 0.2) is 53.1 Å². The predicted molar refractivity (Wildman–Crippen MR) is 157 cm³/mol. The van der Waals surface area contributed by atoms with Gasteiger partial charge in [0.15, 0.2) is 5.82 Å². The van der Waals surface area contributed by atoms with Crippen molar-refractivity contribution >= 4 is 17.5 Å². The van der Waals surface area contributed by atoms with E-state index in [1.54, 1.807) is 16.8 Å². The Morgan fingerprint density at radius 3 is 2.30 bits per heavy atom. The largest absolute Gasteiger partial charge is 0.470 e. The molecule has 5 heterocycles. The van der Waals surface area contributed by atoms with Gasteiger partial charge >= 0.3 is 24.3 Å². The molecule has 4 aromatic rings. The first-order valence-corrected chi connectivity index (χ1v) is 15.2. The van der Waals surface area contributed by atoms with Crippen molar-refractivity contribution in [1.82, 2.24) is 24.9 Å². The van der Waals surface area contributed by atoms with Gasteiger partial charge in [-0.25, -0.2) is 4.39 Å². The van der Waals surface area contributed by atoms with Crippen molar-refractivity contribution in [2.24, 2.45) is 0 Å². The van der Waals surface area contributed by atoms with E-state index >= 15 is 0 Å². The number of aryl methyl sites for hydroxylation is 1. The SMILES string of the molecule is Cc1cccc(F)c1N1CCC(N2Cc3cn(C4CN(c5nnc(C(F)(F)F)o5)C4)nc3N(Cc3ccccc3C(F)(F)F)C2)CC1. The number of piperidine rings is 1. The Morgan fingerprint density at radius 1 is 0.872 bits per heavy atom. The topological polar surface area (TPSA) is 69.7 Å². The summed E-state index contributed by atoms with van der Waals surface area (Å²) >= 11 is 0. The summed E-state index contributed by atoms with van der Waals surface area (Å²) in [5.41, 5.74) is 1.72. The van der Waals surface area contributed by atoms with Gasteiger partial charge in [-0.05, 0) is 43.0 Å².